The van der Waals surface area contributed by atoms with Gasteiger partial charge in [-0.1, -0.05) is 30.3 Å². The maximum absolute atomic E-state index is 12.1. The zero-order valence-corrected chi connectivity index (χ0v) is 13.6. The summed E-state index contributed by atoms with van der Waals surface area (Å²) in [5.74, 6) is 0.384. The van der Waals surface area contributed by atoms with Crippen LogP contribution < -0.4 is 4.74 Å². The summed E-state index contributed by atoms with van der Waals surface area (Å²) in [6, 6.07) is 11.1. The zero-order valence-electron chi connectivity index (χ0n) is 13.6. The van der Waals surface area contributed by atoms with Crippen molar-refractivity contribution >= 4 is 11.5 Å². The summed E-state index contributed by atoms with van der Waals surface area (Å²) >= 11 is 0. The molecule has 0 N–H and O–H groups in total. The summed E-state index contributed by atoms with van der Waals surface area (Å²) < 4.78 is 10.1. The van der Waals surface area contributed by atoms with Gasteiger partial charge in [0.2, 0.25) is 5.88 Å². The molecule has 0 bridgehead atoms. The van der Waals surface area contributed by atoms with E-state index in [-0.39, 0.29) is 0 Å². The summed E-state index contributed by atoms with van der Waals surface area (Å²) in [5.41, 5.74) is 1.60. The molecule has 2 rings (SSSR count). The topological polar surface area (TPSA) is 64.5 Å². The molecule has 0 amide bonds. The second kappa shape index (κ2) is 7.40. The number of ether oxygens (including phenoxy) is 2. The smallest absolute Gasteiger partial charge is 0.341 e. The summed E-state index contributed by atoms with van der Waals surface area (Å²) in [4.78, 5) is 22.7. The van der Waals surface area contributed by atoms with Crippen LogP contribution in [0.1, 0.15) is 5.69 Å². The molecular formula is C17H19N3O3. The van der Waals surface area contributed by atoms with Gasteiger partial charge in [0.15, 0.2) is 5.82 Å². The first-order valence-corrected chi connectivity index (χ1v) is 7.00. The molecular weight excluding hydrogens is 294 g/mol. The van der Waals surface area contributed by atoms with Crippen LogP contribution >= 0.6 is 0 Å². The van der Waals surface area contributed by atoms with E-state index in [0.29, 0.717) is 23.0 Å². The molecule has 6 nitrogen and oxygen atoms in total. The molecule has 0 aliphatic rings. The molecule has 6 heteroatoms. The van der Waals surface area contributed by atoms with Crippen LogP contribution in [0.4, 0.5) is 0 Å². The summed E-state index contributed by atoms with van der Waals surface area (Å²) in [5, 5.41) is 0. The Labute approximate surface area is 135 Å². The minimum Gasteiger partial charge on any atom is -0.481 e. The number of hydrogen-bond donors (Lipinski definition) is 0. The minimum absolute atomic E-state index is 0.329. The van der Waals surface area contributed by atoms with Crippen LogP contribution in [0, 0.1) is 0 Å². The van der Waals surface area contributed by atoms with Crippen molar-refractivity contribution in [3.63, 3.8) is 0 Å². The van der Waals surface area contributed by atoms with Crippen molar-refractivity contribution < 1.29 is 14.3 Å². The first-order valence-electron chi connectivity index (χ1n) is 7.00. The van der Waals surface area contributed by atoms with Gasteiger partial charge in [-0.05, 0) is 0 Å². The van der Waals surface area contributed by atoms with E-state index in [0.717, 1.165) is 5.56 Å². The van der Waals surface area contributed by atoms with Gasteiger partial charge >= 0.3 is 5.97 Å². The molecule has 0 spiro atoms. The molecule has 0 saturated carbocycles. The number of esters is 1. The minimum atomic E-state index is -0.474. The SMILES string of the molecule is COC(=O)/C(=C/N(C)C)c1cc(OC)nc(-c2ccccc2)n1. The summed E-state index contributed by atoms with van der Waals surface area (Å²) in [6.45, 7) is 0. The van der Waals surface area contributed by atoms with Crippen LogP contribution in [-0.4, -0.2) is 49.2 Å². The van der Waals surface area contributed by atoms with Crippen molar-refractivity contribution in [3.8, 4) is 17.3 Å². The Morgan fingerprint density at radius 1 is 1.13 bits per heavy atom. The predicted molar refractivity (Wildman–Crippen MR) is 87.7 cm³/mol. The Bertz CT molecular complexity index is 712. The van der Waals surface area contributed by atoms with Crippen molar-refractivity contribution in [1.82, 2.24) is 14.9 Å². The van der Waals surface area contributed by atoms with Gasteiger partial charge in [0.25, 0.3) is 0 Å². The Morgan fingerprint density at radius 2 is 1.83 bits per heavy atom. The molecule has 0 unspecified atom stereocenters. The summed E-state index contributed by atoms with van der Waals surface area (Å²) in [6.07, 6.45) is 1.66. The van der Waals surface area contributed by atoms with Gasteiger partial charge in [-0.25, -0.2) is 9.78 Å². The number of aromatic nitrogens is 2. The van der Waals surface area contributed by atoms with Crippen molar-refractivity contribution in [2.45, 2.75) is 0 Å². The fraction of sp³-hybridized carbons (Fsp3) is 0.235. The second-order valence-corrected chi connectivity index (χ2v) is 4.98. The number of benzene rings is 1. The first-order chi connectivity index (χ1) is 11.0. The van der Waals surface area contributed by atoms with Crippen molar-refractivity contribution in [2.24, 2.45) is 0 Å². The van der Waals surface area contributed by atoms with Gasteiger partial charge in [0.05, 0.1) is 19.9 Å². The molecule has 2 aromatic rings. The van der Waals surface area contributed by atoms with E-state index in [1.54, 1.807) is 17.2 Å². The molecule has 1 aromatic carbocycles. The van der Waals surface area contributed by atoms with Crippen LogP contribution in [0.5, 0.6) is 5.88 Å². The highest BCUT2D eigenvalue weighted by molar-refractivity contribution is 6.15. The third-order valence-corrected chi connectivity index (χ3v) is 3.01. The van der Waals surface area contributed by atoms with Crippen LogP contribution in [0.3, 0.4) is 0 Å². The zero-order chi connectivity index (χ0) is 16.8. The van der Waals surface area contributed by atoms with E-state index < -0.39 is 5.97 Å². The fourth-order valence-electron chi connectivity index (χ4n) is 1.98. The van der Waals surface area contributed by atoms with E-state index in [4.69, 9.17) is 9.47 Å². The van der Waals surface area contributed by atoms with Crippen molar-refractivity contribution in [3.05, 3.63) is 48.3 Å². The molecule has 0 fully saturated rings. The highest BCUT2D eigenvalue weighted by Gasteiger charge is 2.18. The lowest BCUT2D eigenvalue weighted by Gasteiger charge is -2.12. The standard InChI is InChI=1S/C17H19N3O3/c1-20(2)11-13(17(21)23-4)14-10-15(22-3)19-16(18-14)12-8-6-5-7-9-12/h5-11H,1-4H3/b13-11+. The monoisotopic (exact) mass is 313 g/mol. The number of carbonyl (C=O) groups excluding carboxylic acids is 1. The van der Waals surface area contributed by atoms with E-state index >= 15 is 0 Å². The van der Waals surface area contributed by atoms with Crippen LogP contribution in [-0.2, 0) is 9.53 Å². The molecule has 23 heavy (non-hydrogen) atoms. The molecule has 1 aromatic heterocycles. The largest absolute Gasteiger partial charge is 0.481 e. The fourth-order valence-corrected chi connectivity index (χ4v) is 1.98. The molecule has 0 aliphatic carbocycles. The lowest BCUT2D eigenvalue weighted by molar-refractivity contribution is -0.133. The number of hydrogen-bond acceptors (Lipinski definition) is 6. The van der Waals surface area contributed by atoms with E-state index in [2.05, 4.69) is 9.97 Å². The number of methoxy groups -OCH3 is 2. The Hall–Kier alpha value is -2.89. The van der Waals surface area contributed by atoms with Gasteiger partial charge in [-0.2, -0.15) is 4.98 Å². The molecule has 0 atom stereocenters. The maximum atomic E-state index is 12.1. The molecule has 0 aliphatic heterocycles. The third-order valence-electron chi connectivity index (χ3n) is 3.01. The normalized spacial score (nSPS) is 11.0. The highest BCUT2D eigenvalue weighted by atomic mass is 16.5. The lowest BCUT2D eigenvalue weighted by Crippen LogP contribution is -2.12. The highest BCUT2D eigenvalue weighted by Crippen LogP contribution is 2.23. The second-order valence-electron chi connectivity index (χ2n) is 4.98. The Kier molecular flexibility index (Phi) is 5.30. The van der Waals surface area contributed by atoms with Gasteiger partial charge in [-0.3, -0.25) is 0 Å². The maximum Gasteiger partial charge on any atom is 0.341 e. The van der Waals surface area contributed by atoms with Crippen molar-refractivity contribution in [1.29, 1.82) is 0 Å². The Morgan fingerprint density at radius 3 is 2.39 bits per heavy atom. The summed E-state index contributed by atoms with van der Waals surface area (Å²) in [7, 11) is 6.50. The lowest BCUT2D eigenvalue weighted by atomic mass is 10.1. The molecule has 120 valence electrons. The number of nitrogens with zero attached hydrogens (tertiary/aromatic N) is 3. The van der Waals surface area contributed by atoms with Gasteiger partial charge in [0.1, 0.15) is 5.57 Å². The average Bonchev–Trinajstić information content (AvgIpc) is 2.59. The van der Waals surface area contributed by atoms with E-state index in [1.165, 1.54) is 14.2 Å². The van der Waals surface area contributed by atoms with Crippen LogP contribution in [0.2, 0.25) is 0 Å². The van der Waals surface area contributed by atoms with Crippen molar-refractivity contribution in [2.75, 3.05) is 28.3 Å². The van der Waals surface area contributed by atoms with Gasteiger partial charge in [0, 0.05) is 31.9 Å². The quantitative estimate of drug-likeness (QED) is 0.623. The Balaban J connectivity index is 2.59. The van der Waals surface area contributed by atoms with Crippen LogP contribution in [0.15, 0.2) is 42.6 Å². The molecule has 1 heterocycles. The van der Waals surface area contributed by atoms with Gasteiger partial charge in [-0.15, -0.1) is 0 Å². The van der Waals surface area contributed by atoms with E-state index in [1.807, 2.05) is 44.4 Å². The van der Waals surface area contributed by atoms with E-state index in [9.17, 15) is 4.79 Å². The molecule has 0 saturated heterocycles. The predicted octanol–water partition coefficient (Wildman–Crippen LogP) is 2.23. The number of rotatable bonds is 5. The molecule has 0 radical (unpaired) electrons. The third kappa shape index (κ3) is 4.06. The average molecular weight is 313 g/mol. The number of carbonyl (C=O) groups is 1. The van der Waals surface area contributed by atoms with Crippen LogP contribution in [0.25, 0.3) is 17.0 Å². The van der Waals surface area contributed by atoms with Gasteiger partial charge < -0.3 is 14.4 Å². The first kappa shape index (κ1) is 16.5.